The van der Waals surface area contributed by atoms with Gasteiger partial charge in [-0.3, -0.25) is 14.6 Å². The molecule has 0 atom stereocenters. The van der Waals surface area contributed by atoms with Crippen molar-refractivity contribution in [1.82, 2.24) is 14.4 Å². The van der Waals surface area contributed by atoms with Crippen LogP contribution in [0, 0.1) is 13.8 Å². The number of amidine groups is 1. The first-order chi connectivity index (χ1) is 17.1. The van der Waals surface area contributed by atoms with E-state index in [4.69, 9.17) is 9.73 Å². The van der Waals surface area contributed by atoms with Crippen LogP contribution >= 0.6 is 11.8 Å². The number of hydrogen-bond acceptors (Lipinski definition) is 5. The summed E-state index contributed by atoms with van der Waals surface area (Å²) in [7, 11) is 0. The van der Waals surface area contributed by atoms with Gasteiger partial charge in [-0.1, -0.05) is 37.5 Å². The zero-order valence-electron chi connectivity index (χ0n) is 20.9. The average molecular weight is 493 g/mol. The molecular weight excluding hydrogens is 456 g/mol. The molecule has 0 bridgehead atoms. The van der Waals surface area contributed by atoms with Crippen LogP contribution in [0.4, 0.5) is 5.69 Å². The van der Waals surface area contributed by atoms with Gasteiger partial charge in [0, 0.05) is 43.6 Å². The van der Waals surface area contributed by atoms with Gasteiger partial charge in [-0.2, -0.15) is 0 Å². The lowest BCUT2D eigenvalue weighted by Crippen LogP contribution is -2.40. The Morgan fingerprint density at radius 1 is 1.06 bits per heavy atom. The van der Waals surface area contributed by atoms with E-state index in [-0.39, 0.29) is 11.9 Å². The van der Waals surface area contributed by atoms with Crippen molar-refractivity contribution in [2.75, 3.05) is 32.8 Å². The van der Waals surface area contributed by atoms with E-state index < -0.39 is 0 Å². The number of aliphatic imine (C=N–C) groups is 1. The number of carbonyl (C=O) groups excluding carboxylic acids is 1. The molecule has 3 aliphatic rings. The molecule has 0 spiro atoms. The van der Waals surface area contributed by atoms with Gasteiger partial charge in [0.1, 0.15) is 0 Å². The summed E-state index contributed by atoms with van der Waals surface area (Å²) in [5.41, 5.74) is 4.48. The Bertz CT molecular complexity index is 1100. The van der Waals surface area contributed by atoms with Crippen LogP contribution in [0.1, 0.15) is 49.1 Å². The zero-order chi connectivity index (χ0) is 24.2. The summed E-state index contributed by atoms with van der Waals surface area (Å²) in [6, 6.07) is 12.4. The third-order valence-electron chi connectivity index (χ3n) is 7.40. The molecule has 1 aromatic carbocycles. The van der Waals surface area contributed by atoms with Crippen LogP contribution in [0.15, 0.2) is 46.3 Å². The van der Waals surface area contributed by atoms with E-state index in [9.17, 15) is 4.79 Å². The fourth-order valence-corrected chi connectivity index (χ4v) is 6.41. The highest BCUT2D eigenvalue weighted by atomic mass is 32.2. The highest BCUT2D eigenvalue weighted by Gasteiger charge is 2.38. The number of amides is 1. The summed E-state index contributed by atoms with van der Waals surface area (Å²) in [5.74, 6) is 0.106. The van der Waals surface area contributed by atoms with Crippen molar-refractivity contribution in [1.29, 1.82) is 0 Å². The summed E-state index contributed by atoms with van der Waals surface area (Å²) in [6.07, 6.45) is 7.83. The van der Waals surface area contributed by atoms with E-state index in [0.717, 1.165) is 73.6 Å². The molecule has 3 fully saturated rings. The van der Waals surface area contributed by atoms with Gasteiger partial charge >= 0.3 is 0 Å². The molecule has 35 heavy (non-hydrogen) atoms. The van der Waals surface area contributed by atoms with Crippen molar-refractivity contribution in [2.45, 2.75) is 58.5 Å². The molecule has 1 aromatic heterocycles. The van der Waals surface area contributed by atoms with Crippen LogP contribution in [-0.2, 0) is 16.1 Å². The van der Waals surface area contributed by atoms with Crippen molar-refractivity contribution in [3.63, 3.8) is 0 Å². The van der Waals surface area contributed by atoms with E-state index in [1.807, 2.05) is 35.2 Å². The number of nitrogens with zero attached hydrogens (tertiary/aromatic N) is 4. The maximum Gasteiger partial charge on any atom is 0.267 e. The van der Waals surface area contributed by atoms with Gasteiger partial charge in [-0.15, -0.1) is 0 Å². The lowest BCUT2D eigenvalue weighted by atomic mass is 9.94. The molecule has 1 amide bonds. The molecule has 2 saturated heterocycles. The second-order valence-electron chi connectivity index (χ2n) is 9.74. The first kappa shape index (κ1) is 24.3. The molecule has 1 saturated carbocycles. The molecule has 0 unspecified atom stereocenters. The van der Waals surface area contributed by atoms with Gasteiger partial charge in [-0.05, 0) is 68.3 Å². The lowest BCUT2D eigenvalue weighted by Gasteiger charge is -2.30. The highest BCUT2D eigenvalue weighted by Crippen LogP contribution is 2.39. The SMILES string of the molecule is Cc1cc(/C=C2\SC(=Nc3ccccc3)N(C3CCCCC3)C2=O)c(C)n1CCN1CCOCC1. The topological polar surface area (TPSA) is 50.1 Å². The molecule has 0 N–H and O–H groups in total. The Balaban J connectivity index is 1.39. The summed E-state index contributed by atoms with van der Waals surface area (Å²) >= 11 is 1.53. The molecule has 5 rings (SSSR count). The predicted octanol–water partition coefficient (Wildman–Crippen LogP) is 5.37. The number of thioether (sulfide) groups is 1. The number of hydrogen-bond donors (Lipinski definition) is 0. The molecule has 6 nitrogen and oxygen atoms in total. The van der Waals surface area contributed by atoms with Crippen molar-refractivity contribution in [3.05, 3.63) is 58.3 Å². The number of carbonyl (C=O) groups is 1. The molecule has 1 aliphatic carbocycles. The average Bonchev–Trinajstić information content (AvgIpc) is 3.33. The Morgan fingerprint density at radius 2 is 1.80 bits per heavy atom. The zero-order valence-corrected chi connectivity index (χ0v) is 21.7. The number of rotatable bonds is 6. The van der Waals surface area contributed by atoms with Crippen LogP contribution in [0.3, 0.4) is 0 Å². The number of ether oxygens (including phenoxy) is 1. The monoisotopic (exact) mass is 492 g/mol. The highest BCUT2D eigenvalue weighted by molar-refractivity contribution is 8.18. The van der Waals surface area contributed by atoms with Gasteiger partial charge in [0.05, 0.1) is 23.8 Å². The molecule has 0 radical (unpaired) electrons. The summed E-state index contributed by atoms with van der Waals surface area (Å²) < 4.78 is 7.86. The molecule has 186 valence electrons. The van der Waals surface area contributed by atoms with Crippen molar-refractivity contribution >= 4 is 34.6 Å². The van der Waals surface area contributed by atoms with Crippen molar-refractivity contribution < 1.29 is 9.53 Å². The molecule has 7 heteroatoms. The fourth-order valence-electron chi connectivity index (χ4n) is 5.36. The molecule has 3 heterocycles. The Morgan fingerprint density at radius 3 is 2.54 bits per heavy atom. The van der Waals surface area contributed by atoms with E-state index in [1.54, 1.807) is 0 Å². The van der Waals surface area contributed by atoms with Crippen LogP contribution in [0.2, 0.25) is 0 Å². The van der Waals surface area contributed by atoms with E-state index in [0.29, 0.717) is 0 Å². The summed E-state index contributed by atoms with van der Waals surface area (Å²) in [5, 5.41) is 0.820. The largest absolute Gasteiger partial charge is 0.379 e. The quantitative estimate of drug-likeness (QED) is 0.509. The summed E-state index contributed by atoms with van der Waals surface area (Å²) in [4.78, 5) is 23.8. The van der Waals surface area contributed by atoms with Gasteiger partial charge in [0.25, 0.3) is 5.91 Å². The van der Waals surface area contributed by atoms with Gasteiger partial charge in [-0.25, -0.2) is 4.99 Å². The minimum absolute atomic E-state index is 0.106. The number of aryl methyl sites for hydroxylation is 1. The second kappa shape index (κ2) is 11.1. The molecular formula is C28H36N4O2S. The predicted molar refractivity (Wildman–Crippen MR) is 144 cm³/mol. The van der Waals surface area contributed by atoms with Gasteiger partial charge < -0.3 is 9.30 Å². The van der Waals surface area contributed by atoms with Crippen LogP contribution < -0.4 is 0 Å². The standard InChI is InChI=1S/C28H36N4O2S/c1-21-19-23(22(2)31(21)14-13-30-15-17-34-18-16-30)20-26-27(33)32(25-11-7-4-8-12-25)28(35-26)29-24-9-5-3-6-10-24/h3,5-6,9-10,19-20,25H,4,7-8,11-18H2,1-2H3/b26-20-,29-28?. The van der Waals surface area contributed by atoms with Crippen molar-refractivity contribution in [3.8, 4) is 0 Å². The maximum atomic E-state index is 13.7. The first-order valence-corrected chi connectivity index (χ1v) is 13.8. The number of aromatic nitrogens is 1. The Labute approximate surface area is 213 Å². The van der Waals surface area contributed by atoms with E-state index in [1.165, 1.54) is 42.4 Å². The minimum atomic E-state index is 0.106. The van der Waals surface area contributed by atoms with E-state index >= 15 is 0 Å². The third-order valence-corrected chi connectivity index (χ3v) is 8.38. The van der Waals surface area contributed by atoms with Gasteiger partial charge in [0.2, 0.25) is 0 Å². The van der Waals surface area contributed by atoms with E-state index in [2.05, 4.69) is 35.5 Å². The summed E-state index contributed by atoms with van der Waals surface area (Å²) in [6.45, 7) is 9.96. The number of benzene rings is 1. The molecule has 2 aliphatic heterocycles. The van der Waals surface area contributed by atoms with Crippen LogP contribution in [0.5, 0.6) is 0 Å². The number of morpholine rings is 1. The second-order valence-corrected chi connectivity index (χ2v) is 10.7. The normalized spacial score (nSPS) is 22.6. The Hall–Kier alpha value is -2.35. The Kier molecular flexibility index (Phi) is 7.75. The van der Waals surface area contributed by atoms with Crippen LogP contribution in [-0.4, -0.2) is 64.3 Å². The van der Waals surface area contributed by atoms with Crippen molar-refractivity contribution in [2.24, 2.45) is 4.99 Å². The minimum Gasteiger partial charge on any atom is -0.379 e. The van der Waals surface area contributed by atoms with Gasteiger partial charge in [0.15, 0.2) is 5.17 Å². The first-order valence-electron chi connectivity index (χ1n) is 12.9. The lowest BCUT2D eigenvalue weighted by molar-refractivity contribution is -0.124. The maximum absolute atomic E-state index is 13.7. The van der Waals surface area contributed by atoms with Crippen LogP contribution in [0.25, 0.3) is 6.08 Å². The number of para-hydroxylation sites is 1. The third kappa shape index (κ3) is 5.57. The molecule has 2 aromatic rings. The smallest absolute Gasteiger partial charge is 0.267 e. The fraction of sp³-hybridized carbons (Fsp3) is 0.500.